The standard InChI is InChI=1S/C17H15F5N2O5/c18-16(19,17(20,21)22)10-3-1-9(2-4-10)8-24-6-5-11(25)13(15(24)29)14(28)23-7-12(26)27/h1-4,25H,5-8H2,(H,23,28)(H,26,27). The number of aliphatic hydroxyl groups excluding tert-OH is 1. The lowest BCUT2D eigenvalue weighted by Crippen LogP contribution is -2.43. The van der Waals surface area contributed by atoms with Gasteiger partial charge in [0, 0.05) is 25.1 Å². The number of benzene rings is 1. The van der Waals surface area contributed by atoms with Gasteiger partial charge in [0.25, 0.3) is 11.8 Å². The summed E-state index contributed by atoms with van der Waals surface area (Å²) in [5.74, 6) is -8.96. The van der Waals surface area contributed by atoms with Gasteiger partial charge < -0.3 is 20.4 Å². The number of halogens is 5. The van der Waals surface area contributed by atoms with Gasteiger partial charge in [-0.05, 0) is 5.56 Å². The maximum atomic E-state index is 13.3. The number of carbonyl (C=O) groups is 3. The summed E-state index contributed by atoms with van der Waals surface area (Å²) in [6, 6.07) is 3.16. The normalized spacial score (nSPS) is 15.5. The molecule has 1 aliphatic rings. The van der Waals surface area contributed by atoms with Crippen molar-refractivity contribution in [2.75, 3.05) is 13.1 Å². The van der Waals surface area contributed by atoms with Crippen molar-refractivity contribution in [1.82, 2.24) is 10.2 Å². The fourth-order valence-corrected chi connectivity index (χ4v) is 2.58. The van der Waals surface area contributed by atoms with Crippen LogP contribution in [-0.4, -0.2) is 52.2 Å². The summed E-state index contributed by atoms with van der Waals surface area (Å²) >= 11 is 0. The van der Waals surface area contributed by atoms with E-state index in [9.17, 15) is 41.4 Å². The SMILES string of the molecule is O=C(O)CNC(=O)C1=C(O)CCN(Cc2ccc(C(F)(F)C(F)(F)F)cc2)C1=O. The molecule has 1 aliphatic heterocycles. The zero-order valence-electron chi connectivity index (χ0n) is 14.6. The van der Waals surface area contributed by atoms with Gasteiger partial charge in [-0.25, -0.2) is 0 Å². The van der Waals surface area contributed by atoms with Crippen molar-refractivity contribution < 1.29 is 46.5 Å². The van der Waals surface area contributed by atoms with Gasteiger partial charge in [0.15, 0.2) is 0 Å². The molecule has 1 aromatic rings. The molecule has 0 fully saturated rings. The first-order valence-electron chi connectivity index (χ1n) is 8.10. The molecule has 0 saturated carbocycles. The van der Waals surface area contributed by atoms with Crippen LogP contribution in [0.5, 0.6) is 0 Å². The van der Waals surface area contributed by atoms with E-state index in [4.69, 9.17) is 5.11 Å². The average Bonchev–Trinajstić information content (AvgIpc) is 2.62. The fourth-order valence-electron chi connectivity index (χ4n) is 2.58. The molecule has 1 heterocycles. The van der Waals surface area contributed by atoms with Crippen LogP contribution in [0.3, 0.4) is 0 Å². The number of nitrogens with zero attached hydrogens (tertiary/aromatic N) is 1. The van der Waals surface area contributed by atoms with Gasteiger partial charge >= 0.3 is 18.1 Å². The van der Waals surface area contributed by atoms with E-state index in [2.05, 4.69) is 0 Å². The summed E-state index contributed by atoms with van der Waals surface area (Å²) in [7, 11) is 0. The molecule has 0 aliphatic carbocycles. The third-order valence-corrected chi connectivity index (χ3v) is 4.08. The van der Waals surface area contributed by atoms with Crippen LogP contribution >= 0.6 is 0 Å². The second kappa shape index (κ2) is 8.05. The van der Waals surface area contributed by atoms with Crippen molar-refractivity contribution in [3.63, 3.8) is 0 Å². The number of rotatable bonds is 6. The van der Waals surface area contributed by atoms with Crippen molar-refractivity contribution in [3.05, 3.63) is 46.7 Å². The number of aliphatic carboxylic acids is 1. The van der Waals surface area contributed by atoms with E-state index in [-0.39, 0.29) is 25.1 Å². The highest BCUT2D eigenvalue weighted by Crippen LogP contribution is 2.43. The number of carboxylic acid groups (broad SMARTS) is 1. The Kier molecular flexibility index (Phi) is 6.14. The Balaban J connectivity index is 2.14. The molecule has 1 aromatic carbocycles. The summed E-state index contributed by atoms with van der Waals surface area (Å²) in [4.78, 5) is 35.9. The molecule has 29 heavy (non-hydrogen) atoms. The fraction of sp³-hybridized carbons (Fsp3) is 0.353. The van der Waals surface area contributed by atoms with Gasteiger partial charge in [-0.1, -0.05) is 24.3 Å². The second-order valence-corrected chi connectivity index (χ2v) is 6.14. The van der Waals surface area contributed by atoms with Crippen molar-refractivity contribution in [3.8, 4) is 0 Å². The largest absolute Gasteiger partial charge is 0.511 e. The van der Waals surface area contributed by atoms with Crippen LogP contribution in [0.2, 0.25) is 0 Å². The summed E-state index contributed by atoms with van der Waals surface area (Å²) in [5, 5.41) is 20.3. The van der Waals surface area contributed by atoms with Crippen LogP contribution in [0.25, 0.3) is 0 Å². The van der Waals surface area contributed by atoms with E-state index >= 15 is 0 Å². The molecule has 0 aromatic heterocycles. The number of hydrogen-bond acceptors (Lipinski definition) is 4. The van der Waals surface area contributed by atoms with Gasteiger partial charge in [-0.2, -0.15) is 22.0 Å². The molecule has 12 heteroatoms. The van der Waals surface area contributed by atoms with Crippen LogP contribution < -0.4 is 5.32 Å². The molecule has 2 rings (SSSR count). The molecule has 0 bridgehead atoms. The molecule has 0 unspecified atom stereocenters. The highest BCUT2D eigenvalue weighted by Gasteiger charge is 2.58. The smallest absolute Gasteiger partial charge is 0.458 e. The first kappa shape index (κ1) is 22.1. The summed E-state index contributed by atoms with van der Waals surface area (Å²) in [6.45, 7) is -1.04. The topological polar surface area (TPSA) is 107 Å². The van der Waals surface area contributed by atoms with Gasteiger partial charge in [0.1, 0.15) is 17.9 Å². The number of amides is 2. The highest BCUT2D eigenvalue weighted by molar-refractivity contribution is 6.19. The Hall–Kier alpha value is -3.18. The second-order valence-electron chi connectivity index (χ2n) is 6.14. The molecule has 0 spiro atoms. The van der Waals surface area contributed by atoms with Crippen LogP contribution in [0.15, 0.2) is 35.6 Å². The predicted octanol–water partition coefficient (Wildman–Crippen LogP) is 2.09. The minimum absolute atomic E-state index is 0.0408. The minimum Gasteiger partial charge on any atom is -0.511 e. The Bertz CT molecular complexity index is 849. The first-order valence-corrected chi connectivity index (χ1v) is 8.10. The van der Waals surface area contributed by atoms with E-state index in [1.54, 1.807) is 0 Å². The Labute approximate surface area is 160 Å². The lowest BCUT2D eigenvalue weighted by Gasteiger charge is -2.28. The Morgan fingerprint density at radius 2 is 1.69 bits per heavy atom. The maximum Gasteiger partial charge on any atom is 0.458 e. The number of carbonyl (C=O) groups excluding carboxylic acids is 2. The lowest BCUT2D eigenvalue weighted by atomic mass is 10.0. The maximum absolute atomic E-state index is 13.3. The third-order valence-electron chi connectivity index (χ3n) is 4.08. The van der Waals surface area contributed by atoms with E-state index in [1.165, 1.54) is 0 Å². The number of hydrogen-bond donors (Lipinski definition) is 3. The van der Waals surface area contributed by atoms with Crippen molar-refractivity contribution in [1.29, 1.82) is 0 Å². The van der Waals surface area contributed by atoms with E-state index in [1.807, 2.05) is 5.32 Å². The average molecular weight is 422 g/mol. The van der Waals surface area contributed by atoms with Crippen molar-refractivity contribution in [2.45, 2.75) is 25.1 Å². The lowest BCUT2D eigenvalue weighted by molar-refractivity contribution is -0.289. The molecular weight excluding hydrogens is 407 g/mol. The van der Waals surface area contributed by atoms with E-state index < -0.39 is 53.3 Å². The highest BCUT2D eigenvalue weighted by atomic mass is 19.4. The van der Waals surface area contributed by atoms with Gasteiger partial charge in [0.05, 0.1) is 0 Å². The van der Waals surface area contributed by atoms with E-state index in [0.29, 0.717) is 12.1 Å². The quantitative estimate of drug-likeness (QED) is 0.481. The monoisotopic (exact) mass is 422 g/mol. The van der Waals surface area contributed by atoms with Gasteiger partial charge in [0.2, 0.25) is 0 Å². The first-order chi connectivity index (χ1) is 13.3. The molecule has 0 radical (unpaired) electrons. The van der Waals surface area contributed by atoms with Gasteiger partial charge in [-0.15, -0.1) is 0 Å². The molecular formula is C17H15F5N2O5. The van der Waals surface area contributed by atoms with E-state index in [0.717, 1.165) is 17.0 Å². The van der Waals surface area contributed by atoms with Crippen LogP contribution in [0, 0.1) is 0 Å². The molecule has 0 atom stereocenters. The summed E-state index contributed by atoms with van der Waals surface area (Å²) < 4.78 is 63.9. The van der Waals surface area contributed by atoms with Crippen LogP contribution in [0.4, 0.5) is 22.0 Å². The number of aliphatic hydroxyl groups is 1. The molecule has 7 nitrogen and oxygen atoms in total. The molecule has 3 N–H and O–H groups in total. The molecule has 0 saturated heterocycles. The third kappa shape index (κ3) is 4.81. The number of nitrogens with one attached hydrogen (secondary N) is 1. The zero-order chi connectivity index (χ0) is 22.0. The molecule has 2 amide bonds. The summed E-state index contributed by atoms with van der Waals surface area (Å²) in [6.07, 6.45) is -5.87. The van der Waals surface area contributed by atoms with Crippen molar-refractivity contribution in [2.24, 2.45) is 0 Å². The predicted molar refractivity (Wildman–Crippen MR) is 86.7 cm³/mol. The van der Waals surface area contributed by atoms with Crippen molar-refractivity contribution >= 4 is 17.8 Å². The Morgan fingerprint density at radius 1 is 1.10 bits per heavy atom. The van der Waals surface area contributed by atoms with Crippen LogP contribution in [0.1, 0.15) is 17.5 Å². The number of carboxylic acids is 1. The van der Waals surface area contributed by atoms with Crippen LogP contribution in [-0.2, 0) is 26.9 Å². The summed E-state index contributed by atoms with van der Waals surface area (Å²) in [5.41, 5.74) is -1.70. The molecule has 158 valence electrons. The van der Waals surface area contributed by atoms with Gasteiger partial charge in [-0.3, -0.25) is 14.4 Å². The zero-order valence-corrected chi connectivity index (χ0v) is 14.6. The Morgan fingerprint density at radius 3 is 2.21 bits per heavy atom. The number of alkyl halides is 5. The minimum atomic E-state index is -5.75.